The highest BCUT2D eigenvalue weighted by Gasteiger charge is 2.26. The van der Waals surface area contributed by atoms with Crippen LogP contribution < -0.4 is 10.1 Å². The summed E-state index contributed by atoms with van der Waals surface area (Å²) in [7, 11) is 0. The molecule has 0 atom stereocenters. The molecule has 7 nitrogen and oxygen atoms in total. The number of ether oxygens (including phenoxy) is 1. The summed E-state index contributed by atoms with van der Waals surface area (Å²) in [5.74, 6) is 6.56. The number of benzene rings is 2. The van der Waals surface area contributed by atoms with Crippen molar-refractivity contribution in [1.82, 2.24) is 25.1 Å². The van der Waals surface area contributed by atoms with Crippen LogP contribution in [0.5, 0.6) is 11.5 Å². The van der Waals surface area contributed by atoms with Crippen LogP contribution in [-0.2, 0) is 4.79 Å². The third-order valence-corrected chi connectivity index (χ3v) is 6.09. The molecule has 5 rings (SSSR count). The second-order valence-corrected chi connectivity index (χ2v) is 8.35. The van der Waals surface area contributed by atoms with Crippen molar-refractivity contribution in [2.75, 3.05) is 0 Å². The Labute approximate surface area is 198 Å². The molecule has 1 saturated carbocycles. The van der Waals surface area contributed by atoms with Gasteiger partial charge in [0.05, 0.1) is 11.4 Å². The Morgan fingerprint density at radius 2 is 1.76 bits per heavy atom. The Morgan fingerprint density at radius 3 is 2.50 bits per heavy atom. The summed E-state index contributed by atoms with van der Waals surface area (Å²) >= 11 is 0. The van der Waals surface area contributed by atoms with E-state index in [0.29, 0.717) is 0 Å². The zero-order chi connectivity index (χ0) is 23.3. The maximum Gasteiger partial charge on any atom is 0.296 e. The quantitative estimate of drug-likeness (QED) is 0.436. The zero-order valence-corrected chi connectivity index (χ0v) is 18.9. The second-order valence-electron chi connectivity index (χ2n) is 8.35. The van der Waals surface area contributed by atoms with E-state index < -0.39 is 0 Å². The fraction of sp³-hybridized carbons (Fsp3) is 0.259. The summed E-state index contributed by atoms with van der Waals surface area (Å²) in [6.07, 6.45) is 6.98. The Bertz CT molecular complexity index is 1340. The van der Waals surface area contributed by atoms with E-state index in [9.17, 15) is 4.79 Å². The number of carbonyl (C=O) groups excluding carboxylic acids is 1. The molecular weight excluding hydrogens is 426 g/mol. The molecule has 2 aromatic carbocycles. The van der Waals surface area contributed by atoms with E-state index in [1.54, 1.807) is 13.3 Å². The summed E-state index contributed by atoms with van der Waals surface area (Å²) in [4.78, 5) is 20.6. The van der Waals surface area contributed by atoms with E-state index in [2.05, 4.69) is 27.1 Å². The fourth-order valence-electron chi connectivity index (χ4n) is 4.45. The second kappa shape index (κ2) is 9.75. The maximum absolute atomic E-state index is 11.8. The number of rotatable bonds is 5. The lowest BCUT2D eigenvalue weighted by Crippen LogP contribution is -2.37. The highest BCUT2D eigenvalue weighted by atomic mass is 16.5. The molecule has 1 N–H and O–H groups in total. The van der Waals surface area contributed by atoms with Gasteiger partial charge in [0.25, 0.3) is 5.91 Å². The van der Waals surface area contributed by atoms with Crippen molar-refractivity contribution in [1.29, 1.82) is 0 Å². The summed E-state index contributed by atoms with van der Waals surface area (Å²) in [5, 5.41) is 8.90. The molecule has 0 radical (unpaired) electrons. The number of carbonyl (C=O) groups is 1. The standard InChI is InChI=1S/C27H25N5O2/c1-2-6-25(33)30-20-11-13-21(14-12-20)32-27-24(17-28-18-29-27)26(31-32)19-9-15-23(16-10-19)34-22-7-4-3-5-8-22/h3-5,7-10,15-18,20-21H,11-14H2,1H3,(H,30,33). The van der Waals surface area contributed by atoms with Gasteiger partial charge in [-0.3, -0.25) is 4.79 Å². The first kappa shape index (κ1) is 21.7. The van der Waals surface area contributed by atoms with Crippen molar-refractivity contribution in [3.8, 4) is 34.6 Å². The molecule has 2 heterocycles. The van der Waals surface area contributed by atoms with Gasteiger partial charge in [-0.15, -0.1) is 0 Å². The van der Waals surface area contributed by atoms with E-state index in [1.807, 2.05) is 65.5 Å². The fourth-order valence-corrected chi connectivity index (χ4v) is 4.45. The minimum atomic E-state index is -0.204. The van der Waals surface area contributed by atoms with E-state index >= 15 is 0 Å². The van der Waals surface area contributed by atoms with Crippen LogP contribution >= 0.6 is 0 Å². The molecule has 1 fully saturated rings. The number of fused-ring (bicyclic) bond motifs is 1. The maximum atomic E-state index is 11.8. The van der Waals surface area contributed by atoms with E-state index in [-0.39, 0.29) is 18.0 Å². The average molecular weight is 452 g/mol. The number of nitrogens with one attached hydrogen (secondary N) is 1. The number of aromatic nitrogens is 4. The Hall–Kier alpha value is -4.18. The van der Waals surface area contributed by atoms with Crippen molar-refractivity contribution in [2.45, 2.75) is 44.7 Å². The molecule has 0 bridgehead atoms. The SMILES string of the molecule is CC#CC(=O)NC1CCC(n2nc(-c3ccc(Oc4ccccc4)cc3)c3cncnc32)CC1. The van der Waals surface area contributed by atoms with Crippen molar-refractivity contribution in [3.63, 3.8) is 0 Å². The van der Waals surface area contributed by atoms with Crippen LogP contribution in [0.25, 0.3) is 22.3 Å². The molecule has 2 aromatic heterocycles. The van der Waals surface area contributed by atoms with Gasteiger partial charge in [0.15, 0.2) is 5.65 Å². The first-order valence-electron chi connectivity index (χ1n) is 11.5. The van der Waals surface area contributed by atoms with Gasteiger partial charge in [0, 0.05) is 17.8 Å². The van der Waals surface area contributed by atoms with Crippen LogP contribution in [0.15, 0.2) is 67.1 Å². The van der Waals surface area contributed by atoms with Crippen LogP contribution in [-0.4, -0.2) is 31.7 Å². The van der Waals surface area contributed by atoms with E-state index in [1.165, 1.54) is 0 Å². The Balaban J connectivity index is 1.36. The monoisotopic (exact) mass is 451 g/mol. The van der Waals surface area contributed by atoms with E-state index in [4.69, 9.17) is 9.84 Å². The van der Waals surface area contributed by atoms with Crippen molar-refractivity contribution < 1.29 is 9.53 Å². The molecule has 4 aromatic rings. The number of nitrogens with zero attached hydrogens (tertiary/aromatic N) is 4. The Kier molecular flexibility index (Phi) is 6.21. The molecule has 0 saturated heterocycles. The first-order valence-corrected chi connectivity index (χ1v) is 11.5. The van der Waals surface area contributed by atoms with Crippen LogP contribution in [0.3, 0.4) is 0 Å². The topological polar surface area (TPSA) is 81.9 Å². The molecular formula is C27H25N5O2. The molecule has 1 aliphatic carbocycles. The predicted octanol–water partition coefficient (Wildman–Crippen LogP) is 4.91. The number of para-hydroxylation sites is 1. The highest BCUT2D eigenvalue weighted by molar-refractivity contribution is 5.93. The molecule has 34 heavy (non-hydrogen) atoms. The lowest BCUT2D eigenvalue weighted by molar-refractivity contribution is -0.116. The van der Waals surface area contributed by atoms with Gasteiger partial charge >= 0.3 is 0 Å². The van der Waals surface area contributed by atoms with Gasteiger partial charge in [-0.05, 0) is 74.9 Å². The Morgan fingerprint density at radius 1 is 1.03 bits per heavy atom. The van der Waals surface area contributed by atoms with Gasteiger partial charge in [-0.2, -0.15) is 5.10 Å². The number of hydrogen-bond acceptors (Lipinski definition) is 5. The third-order valence-electron chi connectivity index (χ3n) is 6.09. The molecule has 1 aliphatic rings. The average Bonchev–Trinajstić information content (AvgIpc) is 3.26. The molecule has 7 heteroatoms. The van der Waals surface area contributed by atoms with Gasteiger partial charge in [0.2, 0.25) is 0 Å². The molecule has 170 valence electrons. The van der Waals surface area contributed by atoms with Crippen LogP contribution in [0.1, 0.15) is 38.6 Å². The van der Waals surface area contributed by atoms with Crippen LogP contribution in [0.4, 0.5) is 0 Å². The normalized spacial score (nSPS) is 17.6. The minimum Gasteiger partial charge on any atom is -0.457 e. The number of hydrogen-bond donors (Lipinski definition) is 1. The smallest absolute Gasteiger partial charge is 0.296 e. The summed E-state index contributed by atoms with van der Waals surface area (Å²) in [6, 6.07) is 18.0. The summed E-state index contributed by atoms with van der Waals surface area (Å²) in [5.41, 5.74) is 2.67. The molecule has 1 amide bonds. The highest BCUT2D eigenvalue weighted by Crippen LogP contribution is 2.34. The van der Waals surface area contributed by atoms with Crippen molar-refractivity contribution in [2.24, 2.45) is 0 Å². The van der Waals surface area contributed by atoms with Gasteiger partial charge < -0.3 is 10.1 Å². The summed E-state index contributed by atoms with van der Waals surface area (Å²) < 4.78 is 7.95. The van der Waals surface area contributed by atoms with E-state index in [0.717, 1.165) is 59.5 Å². The molecule has 0 unspecified atom stereocenters. The largest absolute Gasteiger partial charge is 0.457 e. The predicted molar refractivity (Wildman–Crippen MR) is 130 cm³/mol. The van der Waals surface area contributed by atoms with Crippen molar-refractivity contribution >= 4 is 16.9 Å². The van der Waals surface area contributed by atoms with Gasteiger partial charge in [-0.25, -0.2) is 14.6 Å². The number of amides is 1. The molecule has 0 aliphatic heterocycles. The van der Waals surface area contributed by atoms with Gasteiger partial charge in [0.1, 0.15) is 23.5 Å². The lowest BCUT2D eigenvalue weighted by Gasteiger charge is -2.28. The zero-order valence-electron chi connectivity index (χ0n) is 18.9. The lowest BCUT2D eigenvalue weighted by atomic mass is 9.91. The summed E-state index contributed by atoms with van der Waals surface area (Å²) in [6.45, 7) is 1.67. The van der Waals surface area contributed by atoms with Crippen LogP contribution in [0.2, 0.25) is 0 Å². The van der Waals surface area contributed by atoms with Gasteiger partial charge in [-0.1, -0.05) is 24.1 Å². The van der Waals surface area contributed by atoms with Crippen LogP contribution in [0, 0.1) is 11.8 Å². The van der Waals surface area contributed by atoms with Crippen molar-refractivity contribution in [3.05, 3.63) is 67.1 Å². The molecule has 0 spiro atoms. The third kappa shape index (κ3) is 4.62. The minimum absolute atomic E-state index is 0.151. The first-order chi connectivity index (χ1) is 16.7.